The van der Waals surface area contributed by atoms with Crippen molar-refractivity contribution >= 4 is 24.2 Å². The lowest BCUT2D eigenvalue weighted by molar-refractivity contribution is 0.319. The van der Waals surface area contributed by atoms with Gasteiger partial charge in [0.25, 0.3) is 0 Å². The standard InChI is InChI=1S/C15H16BClFNO2/c1-19(10-12-4-2-3-5-15(12)17)9-11-6-7-13(18)8-14(11)16(20)21/h2-8,20-21H,9-10H2,1H3. The highest BCUT2D eigenvalue weighted by Crippen LogP contribution is 2.17. The second kappa shape index (κ2) is 7.05. The van der Waals surface area contributed by atoms with E-state index in [1.807, 2.05) is 36.2 Å². The molecule has 2 rings (SSSR count). The van der Waals surface area contributed by atoms with E-state index in [9.17, 15) is 14.4 Å². The molecule has 0 fully saturated rings. The predicted octanol–water partition coefficient (Wildman–Crippen LogP) is 1.79. The molecule has 0 heterocycles. The molecule has 0 saturated heterocycles. The molecule has 2 aromatic rings. The molecule has 110 valence electrons. The SMILES string of the molecule is CN(Cc1ccccc1Cl)Cc1ccc(F)cc1B(O)O. The number of rotatable bonds is 5. The Labute approximate surface area is 128 Å². The van der Waals surface area contributed by atoms with Gasteiger partial charge in [0.05, 0.1) is 0 Å². The topological polar surface area (TPSA) is 43.7 Å². The summed E-state index contributed by atoms with van der Waals surface area (Å²) in [4.78, 5) is 1.97. The van der Waals surface area contributed by atoms with Crippen molar-refractivity contribution in [2.45, 2.75) is 13.1 Å². The predicted molar refractivity (Wildman–Crippen MR) is 82.8 cm³/mol. The van der Waals surface area contributed by atoms with E-state index in [2.05, 4.69) is 0 Å². The summed E-state index contributed by atoms with van der Waals surface area (Å²) in [5.74, 6) is -0.490. The number of halogens is 2. The van der Waals surface area contributed by atoms with Gasteiger partial charge in [-0.2, -0.15) is 0 Å². The van der Waals surface area contributed by atoms with Crippen LogP contribution in [0, 0.1) is 5.82 Å². The van der Waals surface area contributed by atoms with Crippen molar-refractivity contribution in [3.63, 3.8) is 0 Å². The summed E-state index contributed by atoms with van der Waals surface area (Å²) in [7, 11) is 0.199. The van der Waals surface area contributed by atoms with E-state index < -0.39 is 12.9 Å². The van der Waals surface area contributed by atoms with E-state index in [0.29, 0.717) is 23.7 Å². The van der Waals surface area contributed by atoms with Crippen molar-refractivity contribution in [1.82, 2.24) is 4.90 Å². The van der Waals surface area contributed by atoms with Crippen LogP contribution in [0.2, 0.25) is 5.02 Å². The molecule has 0 aliphatic rings. The molecule has 2 aromatic carbocycles. The third-order valence-electron chi connectivity index (χ3n) is 3.22. The molecule has 21 heavy (non-hydrogen) atoms. The first-order valence-corrected chi connectivity index (χ1v) is 6.91. The van der Waals surface area contributed by atoms with Crippen molar-refractivity contribution in [3.05, 3.63) is 64.4 Å². The first-order chi connectivity index (χ1) is 9.97. The molecule has 2 N–H and O–H groups in total. The lowest BCUT2D eigenvalue weighted by Gasteiger charge is -2.19. The van der Waals surface area contributed by atoms with Crippen LogP contribution in [0.25, 0.3) is 0 Å². The third kappa shape index (κ3) is 4.28. The molecule has 0 radical (unpaired) electrons. The summed E-state index contributed by atoms with van der Waals surface area (Å²) in [6.07, 6.45) is 0. The maximum Gasteiger partial charge on any atom is 0.488 e. The highest BCUT2D eigenvalue weighted by Gasteiger charge is 2.18. The minimum Gasteiger partial charge on any atom is -0.423 e. The lowest BCUT2D eigenvalue weighted by atomic mass is 9.77. The zero-order valence-corrected chi connectivity index (χ0v) is 12.4. The fourth-order valence-corrected chi connectivity index (χ4v) is 2.41. The van der Waals surface area contributed by atoms with E-state index in [0.717, 1.165) is 11.6 Å². The Balaban J connectivity index is 2.13. The minimum absolute atomic E-state index is 0.181. The van der Waals surface area contributed by atoms with Crippen molar-refractivity contribution < 1.29 is 14.4 Å². The van der Waals surface area contributed by atoms with Crippen LogP contribution in [0.1, 0.15) is 11.1 Å². The fraction of sp³-hybridized carbons (Fsp3) is 0.200. The number of nitrogens with zero attached hydrogens (tertiary/aromatic N) is 1. The van der Waals surface area contributed by atoms with Crippen LogP contribution in [0.4, 0.5) is 4.39 Å². The van der Waals surface area contributed by atoms with Crippen LogP contribution >= 0.6 is 11.6 Å². The summed E-state index contributed by atoms with van der Waals surface area (Å²) >= 11 is 6.12. The number of benzene rings is 2. The molecule has 6 heteroatoms. The molecule has 0 saturated carbocycles. The Kier molecular flexibility index (Phi) is 5.36. The van der Waals surface area contributed by atoms with Gasteiger partial charge in [0.2, 0.25) is 0 Å². The smallest absolute Gasteiger partial charge is 0.423 e. The second-order valence-corrected chi connectivity index (χ2v) is 5.39. The molecular formula is C15H16BClFNO2. The Morgan fingerprint density at radius 3 is 2.43 bits per heavy atom. The van der Waals surface area contributed by atoms with Crippen LogP contribution in [0.3, 0.4) is 0 Å². The minimum atomic E-state index is -1.69. The molecule has 0 aromatic heterocycles. The van der Waals surface area contributed by atoms with Crippen LogP contribution < -0.4 is 5.46 Å². The average molecular weight is 308 g/mol. The monoisotopic (exact) mass is 307 g/mol. The van der Waals surface area contributed by atoms with Gasteiger partial charge in [-0.3, -0.25) is 4.90 Å². The van der Waals surface area contributed by atoms with E-state index in [1.54, 1.807) is 6.07 Å². The maximum atomic E-state index is 13.2. The summed E-state index contributed by atoms with van der Waals surface area (Å²) in [5.41, 5.74) is 1.83. The zero-order valence-electron chi connectivity index (χ0n) is 11.6. The second-order valence-electron chi connectivity index (χ2n) is 4.98. The largest absolute Gasteiger partial charge is 0.488 e. The highest BCUT2D eigenvalue weighted by molar-refractivity contribution is 6.59. The summed E-state index contributed by atoms with van der Waals surface area (Å²) in [6, 6.07) is 11.6. The van der Waals surface area contributed by atoms with Crippen LogP contribution in [-0.2, 0) is 13.1 Å². The van der Waals surface area contributed by atoms with Crippen LogP contribution in [-0.4, -0.2) is 29.1 Å². The van der Waals surface area contributed by atoms with Crippen molar-refractivity contribution in [1.29, 1.82) is 0 Å². The van der Waals surface area contributed by atoms with E-state index in [1.165, 1.54) is 6.07 Å². The molecule has 0 unspecified atom stereocenters. The summed E-state index contributed by atoms with van der Waals surface area (Å²) in [5, 5.41) is 19.3. The van der Waals surface area contributed by atoms with E-state index in [-0.39, 0.29) is 5.46 Å². The van der Waals surface area contributed by atoms with Gasteiger partial charge < -0.3 is 10.0 Å². The van der Waals surface area contributed by atoms with Gasteiger partial charge in [-0.1, -0.05) is 35.9 Å². The molecule has 3 nitrogen and oxygen atoms in total. The Morgan fingerprint density at radius 2 is 1.76 bits per heavy atom. The van der Waals surface area contributed by atoms with Gasteiger partial charge in [0, 0.05) is 18.1 Å². The van der Waals surface area contributed by atoms with Gasteiger partial charge in [0.15, 0.2) is 0 Å². The van der Waals surface area contributed by atoms with Crippen molar-refractivity contribution in [2.24, 2.45) is 0 Å². The highest BCUT2D eigenvalue weighted by atomic mass is 35.5. The fourth-order valence-electron chi connectivity index (χ4n) is 2.21. The molecule has 0 aliphatic heterocycles. The van der Waals surface area contributed by atoms with Gasteiger partial charge in [-0.15, -0.1) is 0 Å². The Hall–Kier alpha value is -1.40. The number of hydrogen-bond acceptors (Lipinski definition) is 3. The normalized spacial score (nSPS) is 11.0. The number of hydrogen-bond donors (Lipinski definition) is 2. The molecule has 0 spiro atoms. The van der Waals surface area contributed by atoms with Crippen LogP contribution in [0.5, 0.6) is 0 Å². The quantitative estimate of drug-likeness (QED) is 0.828. The Morgan fingerprint density at radius 1 is 1.10 bits per heavy atom. The average Bonchev–Trinajstić information content (AvgIpc) is 2.43. The molecule has 0 aliphatic carbocycles. The molecular weight excluding hydrogens is 291 g/mol. The van der Waals surface area contributed by atoms with Gasteiger partial charge in [-0.25, -0.2) is 4.39 Å². The van der Waals surface area contributed by atoms with E-state index >= 15 is 0 Å². The van der Waals surface area contributed by atoms with Gasteiger partial charge >= 0.3 is 7.12 Å². The van der Waals surface area contributed by atoms with Gasteiger partial charge in [0.1, 0.15) is 5.82 Å². The van der Waals surface area contributed by atoms with Crippen molar-refractivity contribution in [3.8, 4) is 0 Å². The summed E-state index contributed by atoms with van der Waals surface area (Å²) < 4.78 is 13.2. The molecule has 0 bridgehead atoms. The maximum absolute atomic E-state index is 13.2. The lowest BCUT2D eigenvalue weighted by Crippen LogP contribution is -2.35. The van der Waals surface area contributed by atoms with Crippen molar-refractivity contribution in [2.75, 3.05) is 7.05 Å². The third-order valence-corrected chi connectivity index (χ3v) is 3.59. The first kappa shape index (κ1) is 16.0. The molecule has 0 atom stereocenters. The first-order valence-electron chi connectivity index (χ1n) is 6.54. The van der Waals surface area contributed by atoms with Crippen LogP contribution in [0.15, 0.2) is 42.5 Å². The molecule has 0 amide bonds. The van der Waals surface area contributed by atoms with Gasteiger partial charge in [-0.05, 0) is 41.8 Å². The summed E-state index contributed by atoms with van der Waals surface area (Å²) in [6.45, 7) is 1.07. The zero-order chi connectivity index (χ0) is 15.4. The van der Waals surface area contributed by atoms with E-state index in [4.69, 9.17) is 11.6 Å². The Bertz CT molecular complexity index is 624.